The third kappa shape index (κ3) is 1.89. The van der Waals surface area contributed by atoms with Crippen LogP contribution >= 0.6 is 0 Å². The van der Waals surface area contributed by atoms with Crippen molar-refractivity contribution >= 4 is 5.91 Å². The van der Waals surface area contributed by atoms with Gasteiger partial charge in [0.05, 0.1) is 5.54 Å². The summed E-state index contributed by atoms with van der Waals surface area (Å²) in [5, 5.41) is 3.14. The summed E-state index contributed by atoms with van der Waals surface area (Å²) in [6.07, 6.45) is 5.15. The summed E-state index contributed by atoms with van der Waals surface area (Å²) in [7, 11) is 0. The van der Waals surface area contributed by atoms with E-state index in [9.17, 15) is 4.79 Å². The molecule has 0 aromatic heterocycles. The molecule has 3 heteroatoms. The molecule has 0 aromatic rings. The van der Waals surface area contributed by atoms with Gasteiger partial charge in [0.25, 0.3) is 0 Å². The molecule has 2 saturated carbocycles. The van der Waals surface area contributed by atoms with Crippen LogP contribution in [0.2, 0.25) is 0 Å². The van der Waals surface area contributed by atoms with Crippen LogP contribution in [0.5, 0.6) is 0 Å². The second-order valence-electron chi connectivity index (χ2n) is 5.50. The fourth-order valence-corrected chi connectivity index (χ4v) is 2.67. The molecule has 3 unspecified atom stereocenters. The van der Waals surface area contributed by atoms with E-state index in [1.165, 1.54) is 6.42 Å². The predicted molar refractivity (Wildman–Crippen MR) is 60.3 cm³/mol. The third-order valence-corrected chi connectivity index (χ3v) is 4.48. The van der Waals surface area contributed by atoms with Crippen molar-refractivity contribution in [1.82, 2.24) is 5.32 Å². The first-order valence-electron chi connectivity index (χ1n) is 6.13. The minimum Gasteiger partial charge on any atom is -0.351 e. The minimum absolute atomic E-state index is 0.0831. The van der Waals surface area contributed by atoms with Crippen molar-refractivity contribution in [3.05, 3.63) is 0 Å². The van der Waals surface area contributed by atoms with Crippen LogP contribution in [0.4, 0.5) is 0 Å². The average molecular weight is 210 g/mol. The predicted octanol–water partition coefficient (Wildman–Crippen LogP) is 1.42. The molecule has 0 aromatic carbocycles. The molecule has 0 radical (unpaired) electrons. The van der Waals surface area contributed by atoms with E-state index < -0.39 is 5.54 Å². The molecule has 1 amide bonds. The van der Waals surface area contributed by atoms with Gasteiger partial charge in [0.1, 0.15) is 0 Å². The van der Waals surface area contributed by atoms with Crippen LogP contribution in [-0.4, -0.2) is 17.5 Å². The maximum absolute atomic E-state index is 11.9. The number of hydrogen-bond donors (Lipinski definition) is 2. The van der Waals surface area contributed by atoms with Crippen molar-refractivity contribution in [2.24, 2.45) is 17.6 Å². The van der Waals surface area contributed by atoms with E-state index in [0.717, 1.165) is 31.6 Å². The summed E-state index contributed by atoms with van der Waals surface area (Å²) in [6.45, 7) is 4.49. The summed E-state index contributed by atoms with van der Waals surface area (Å²) in [5.74, 6) is 1.41. The highest BCUT2D eigenvalue weighted by Crippen LogP contribution is 2.33. The molecule has 0 saturated heterocycles. The number of carbonyl (C=O) groups excluding carboxylic acids is 1. The van der Waals surface area contributed by atoms with Crippen molar-refractivity contribution in [1.29, 1.82) is 0 Å². The zero-order chi connectivity index (χ0) is 11.1. The van der Waals surface area contributed by atoms with Crippen molar-refractivity contribution < 1.29 is 4.79 Å². The summed E-state index contributed by atoms with van der Waals surface area (Å²) in [5.41, 5.74) is 5.46. The first-order valence-corrected chi connectivity index (χ1v) is 6.13. The molecule has 86 valence electrons. The third-order valence-electron chi connectivity index (χ3n) is 4.48. The molecule has 3 atom stereocenters. The van der Waals surface area contributed by atoms with Gasteiger partial charge in [-0.3, -0.25) is 4.79 Å². The number of nitrogens with two attached hydrogens (primary N) is 1. The van der Waals surface area contributed by atoms with Gasteiger partial charge in [0, 0.05) is 6.04 Å². The van der Waals surface area contributed by atoms with E-state index in [2.05, 4.69) is 19.2 Å². The number of hydrogen-bond acceptors (Lipinski definition) is 2. The average Bonchev–Trinajstić information content (AvgIpc) is 2.46. The van der Waals surface area contributed by atoms with E-state index in [-0.39, 0.29) is 5.91 Å². The van der Waals surface area contributed by atoms with Gasteiger partial charge >= 0.3 is 0 Å². The van der Waals surface area contributed by atoms with Gasteiger partial charge in [0.15, 0.2) is 0 Å². The molecule has 0 bridgehead atoms. The Morgan fingerprint density at radius 1 is 1.33 bits per heavy atom. The molecule has 0 heterocycles. The summed E-state index contributed by atoms with van der Waals surface area (Å²) < 4.78 is 0. The molecular weight excluding hydrogens is 188 g/mol. The normalized spacial score (nSPS) is 38.5. The Morgan fingerprint density at radius 2 is 2.00 bits per heavy atom. The highest BCUT2D eigenvalue weighted by molar-refractivity contribution is 5.87. The smallest absolute Gasteiger partial charge is 0.240 e. The second-order valence-corrected chi connectivity index (χ2v) is 5.50. The standard InChI is InChI=1S/C12H22N2O/c1-8-4-5-10(9(8)2)14-11(15)12(13)6-3-7-12/h8-10H,3-7,13H2,1-2H3,(H,14,15). The number of rotatable bonds is 2. The lowest BCUT2D eigenvalue weighted by molar-refractivity contribution is -0.130. The van der Waals surface area contributed by atoms with Crippen molar-refractivity contribution in [2.75, 3.05) is 0 Å². The van der Waals surface area contributed by atoms with Crippen molar-refractivity contribution in [3.8, 4) is 0 Å². The Morgan fingerprint density at radius 3 is 2.40 bits per heavy atom. The van der Waals surface area contributed by atoms with E-state index >= 15 is 0 Å². The van der Waals surface area contributed by atoms with Crippen LogP contribution in [0.25, 0.3) is 0 Å². The van der Waals surface area contributed by atoms with Crippen molar-refractivity contribution in [3.63, 3.8) is 0 Å². The van der Waals surface area contributed by atoms with E-state index in [4.69, 9.17) is 5.73 Å². The molecular formula is C12H22N2O. The van der Waals surface area contributed by atoms with Gasteiger partial charge in [-0.25, -0.2) is 0 Å². The van der Waals surface area contributed by atoms with Crippen LogP contribution in [0, 0.1) is 11.8 Å². The van der Waals surface area contributed by atoms with Gasteiger partial charge < -0.3 is 11.1 Å². The summed E-state index contributed by atoms with van der Waals surface area (Å²) in [6, 6.07) is 0.355. The van der Waals surface area contributed by atoms with Crippen LogP contribution < -0.4 is 11.1 Å². The Balaban J connectivity index is 1.89. The quantitative estimate of drug-likeness (QED) is 0.724. The Labute approximate surface area is 91.8 Å². The van der Waals surface area contributed by atoms with Crippen LogP contribution in [-0.2, 0) is 4.79 Å². The monoisotopic (exact) mass is 210 g/mol. The summed E-state index contributed by atoms with van der Waals surface area (Å²) >= 11 is 0. The SMILES string of the molecule is CC1CCC(NC(=O)C2(N)CCC2)C1C. The second kappa shape index (κ2) is 3.78. The lowest BCUT2D eigenvalue weighted by Gasteiger charge is -2.37. The summed E-state index contributed by atoms with van der Waals surface area (Å²) in [4.78, 5) is 11.9. The van der Waals surface area contributed by atoms with E-state index in [0.29, 0.717) is 12.0 Å². The fraction of sp³-hybridized carbons (Fsp3) is 0.917. The molecule has 0 aliphatic heterocycles. The molecule has 3 N–H and O–H groups in total. The Hall–Kier alpha value is -0.570. The fourth-order valence-electron chi connectivity index (χ4n) is 2.67. The molecule has 15 heavy (non-hydrogen) atoms. The molecule has 2 fully saturated rings. The van der Waals surface area contributed by atoms with Gasteiger partial charge in [-0.15, -0.1) is 0 Å². The number of amides is 1. The lowest BCUT2D eigenvalue weighted by Crippen LogP contribution is -2.60. The van der Waals surface area contributed by atoms with E-state index in [1.54, 1.807) is 0 Å². The molecule has 2 rings (SSSR count). The molecule has 2 aliphatic rings. The minimum atomic E-state index is -0.536. The lowest BCUT2D eigenvalue weighted by atomic mass is 9.77. The Kier molecular flexibility index (Phi) is 2.75. The van der Waals surface area contributed by atoms with Crippen LogP contribution in [0.15, 0.2) is 0 Å². The highest BCUT2D eigenvalue weighted by Gasteiger charge is 2.42. The van der Waals surface area contributed by atoms with Crippen LogP contribution in [0.1, 0.15) is 46.0 Å². The van der Waals surface area contributed by atoms with Crippen LogP contribution in [0.3, 0.4) is 0 Å². The van der Waals surface area contributed by atoms with E-state index in [1.807, 2.05) is 0 Å². The number of nitrogens with one attached hydrogen (secondary N) is 1. The maximum Gasteiger partial charge on any atom is 0.240 e. The topological polar surface area (TPSA) is 55.1 Å². The Bertz CT molecular complexity index is 260. The zero-order valence-electron chi connectivity index (χ0n) is 9.75. The van der Waals surface area contributed by atoms with Gasteiger partial charge in [-0.2, -0.15) is 0 Å². The first kappa shape index (κ1) is 10.9. The van der Waals surface area contributed by atoms with Gasteiger partial charge in [-0.05, 0) is 43.9 Å². The molecule has 0 spiro atoms. The van der Waals surface area contributed by atoms with Gasteiger partial charge in [0.2, 0.25) is 5.91 Å². The molecule has 2 aliphatic carbocycles. The first-order chi connectivity index (χ1) is 7.03. The maximum atomic E-state index is 11.9. The number of carbonyl (C=O) groups is 1. The zero-order valence-corrected chi connectivity index (χ0v) is 9.75. The molecule has 3 nitrogen and oxygen atoms in total. The van der Waals surface area contributed by atoms with Crippen molar-refractivity contribution in [2.45, 2.75) is 57.5 Å². The largest absolute Gasteiger partial charge is 0.351 e. The highest BCUT2D eigenvalue weighted by atomic mass is 16.2. The van der Waals surface area contributed by atoms with Gasteiger partial charge in [-0.1, -0.05) is 13.8 Å².